The fraction of sp³-hybridized carbons (Fsp3) is 0.188. The molecule has 0 fully saturated rings. The Morgan fingerprint density at radius 1 is 1.24 bits per heavy atom. The molecule has 0 atom stereocenters. The average Bonchev–Trinajstić information content (AvgIpc) is 2.59. The molecule has 0 saturated carbocycles. The Labute approximate surface area is 146 Å². The summed E-state index contributed by atoms with van der Waals surface area (Å²) in [6.07, 6.45) is 3.71. The standard InChI is InChI=1S/C16H19N5O3S/c1-2-9-18-15(22)14-8-11-20-16(21-14)19-10-7-12-3-5-13(6-4-12)25(17,23)24/h2-6,8,11H,1,7,9-10H2,(H,18,22)(H2,17,23,24)(H,19,20,21). The van der Waals surface area contributed by atoms with Crippen molar-refractivity contribution < 1.29 is 13.2 Å². The van der Waals surface area contributed by atoms with Crippen LogP contribution in [0.2, 0.25) is 0 Å². The van der Waals surface area contributed by atoms with Crippen LogP contribution >= 0.6 is 0 Å². The summed E-state index contributed by atoms with van der Waals surface area (Å²) in [6.45, 7) is 4.41. The number of rotatable bonds is 8. The molecule has 2 aromatic rings. The van der Waals surface area contributed by atoms with E-state index in [0.717, 1.165) is 5.56 Å². The van der Waals surface area contributed by atoms with Crippen LogP contribution in [0.4, 0.5) is 5.95 Å². The molecular weight excluding hydrogens is 342 g/mol. The van der Waals surface area contributed by atoms with Crippen molar-refractivity contribution in [1.29, 1.82) is 0 Å². The van der Waals surface area contributed by atoms with Gasteiger partial charge in [-0.15, -0.1) is 6.58 Å². The Morgan fingerprint density at radius 3 is 2.60 bits per heavy atom. The molecule has 0 radical (unpaired) electrons. The van der Waals surface area contributed by atoms with Gasteiger partial charge < -0.3 is 10.6 Å². The second-order valence-corrected chi connectivity index (χ2v) is 6.69. The number of carbonyl (C=O) groups excluding carboxylic acids is 1. The summed E-state index contributed by atoms with van der Waals surface area (Å²) in [5.74, 6) is 0.0383. The summed E-state index contributed by atoms with van der Waals surface area (Å²) in [4.78, 5) is 20.1. The summed E-state index contributed by atoms with van der Waals surface area (Å²) >= 11 is 0. The summed E-state index contributed by atoms with van der Waals surface area (Å²) in [5, 5.41) is 10.7. The zero-order valence-electron chi connectivity index (χ0n) is 13.5. The minimum atomic E-state index is -3.68. The highest BCUT2D eigenvalue weighted by Gasteiger charge is 2.08. The lowest BCUT2D eigenvalue weighted by Crippen LogP contribution is -2.24. The lowest BCUT2D eigenvalue weighted by Gasteiger charge is -2.07. The Balaban J connectivity index is 1.91. The van der Waals surface area contributed by atoms with Crippen LogP contribution in [0.3, 0.4) is 0 Å². The van der Waals surface area contributed by atoms with Crippen LogP contribution in [-0.2, 0) is 16.4 Å². The van der Waals surface area contributed by atoms with Crippen molar-refractivity contribution in [3.63, 3.8) is 0 Å². The van der Waals surface area contributed by atoms with E-state index < -0.39 is 10.0 Å². The lowest BCUT2D eigenvalue weighted by atomic mass is 10.1. The van der Waals surface area contributed by atoms with E-state index in [-0.39, 0.29) is 16.5 Å². The van der Waals surface area contributed by atoms with E-state index >= 15 is 0 Å². The fourth-order valence-corrected chi connectivity index (χ4v) is 2.51. The molecule has 0 aliphatic rings. The van der Waals surface area contributed by atoms with Crippen LogP contribution in [0.25, 0.3) is 0 Å². The Morgan fingerprint density at radius 2 is 1.96 bits per heavy atom. The number of nitrogens with two attached hydrogens (primary N) is 1. The second kappa shape index (κ2) is 8.36. The first-order valence-corrected chi connectivity index (χ1v) is 9.02. The van der Waals surface area contributed by atoms with Crippen LogP contribution in [-0.4, -0.2) is 37.4 Å². The minimum Gasteiger partial charge on any atom is -0.354 e. The van der Waals surface area contributed by atoms with Crippen molar-refractivity contribution in [3.8, 4) is 0 Å². The van der Waals surface area contributed by atoms with Gasteiger partial charge in [0.15, 0.2) is 0 Å². The molecule has 0 spiro atoms. The van der Waals surface area contributed by atoms with Crippen LogP contribution < -0.4 is 15.8 Å². The zero-order valence-corrected chi connectivity index (χ0v) is 14.3. The predicted molar refractivity (Wildman–Crippen MR) is 94.6 cm³/mol. The summed E-state index contributed by atoms with van der Waals surface area (Å²) < 4.78 is 22.4. The van der Waals surface area contributed by atoms with E-state index in [1.54, 1.807) is 18.2 Å². The fourth-order valence-electron chi connectivity index (χ4n) is 1.99. The maximum Gasteiger partial charge on any atom is 0.270 e. The Hall–Kier alpha value is -2.78. The molecule has 0 bridgehead atoms. The van der Waals surface area contributed by atoms with Gasteiger partial charge in [0, 0.05) is 19.3 Å². The first kappa shape index (κ1) is 18.6. The van der Waals surface area contributed by atoms with Gasteiger partial charge in [0.05, 0.1) is 4.90 Å². The van der Waals surface area contributed by atoms with Crippen LogP contribution in [0.15, 0.2) is 54.1 Å². The molecule has 0 unspecified atom stereocenters. The summed E-state index contributed by atoms with van der Waals surface area (Å²) in [7, 11) is -3.68. The molecule has 9 heteroatoms. The van der Waals surface area contributed by atoms with Gasteiger partial charge in [0.1, 0.15) is 5.69 Å². The van der Waals surface area contributed by atoms with E-state index in [4.69, 9.17) is 5.14 Å². The number of nitrogens with zero attached hydrogens (tertiary/aromatic N) is 2. The van der Waals surface area contributed by atoms with Crippen LogP contribution in [0, 0.1) is 0 Å². The van der Waals surface area contributed by atoms with Crippen molar-refractivity contribution in [1.82, 2.24) is 15.3 Å². The van der Waals surface area contributed by atoms with E-state index in [0.29, 0.717) is 25.5 Å². The van der Waals surface area contributed by atoms with Crippen molar-refractivity contribution >= 4 is 21.9 Å². The molecule has 0 aliphatic carbocycles. The van der Waals surface area contributed by atoms with Crippen molar-refractivity contribution in [2.24, 2.45) is 5.14 Å². The van der Waals surface area contributed by atoms with Gasteiger partial charge in [-0.25, -0.2) is 23.5 Å². The van der Waals surface area contributed by atoms with Crippen molar-refractivity contribution in [2.45, 2.75) is 11.3 Å². The van der Waals surface area contributed by atoms with E-state index in [2.05, 4.69) is 27.2 Å². The highest BCUT2D eigenvalue weighted by molar-refractivity contribution is 7.89. The first-order chi connectivity index (χ1) is 11.9. The maximum atomic E-state index is 11.8. The number of hydrogen-bond donors (Lipinski definition) is 3. The number of carbonyl (C=O) groups is 1. The molecule has 0 saturated heterocycles. The highest BCUT2D eigenvalue weighted by Crippen LogP contribution is 2.09. The number of primary sulfonamides is 1. The molecule has 1 aromatic carbocycles. The largest absolute Gasteiger partial charge is 0.354 e. The van der Waals surface area contributed by atoms with Crippen LogP contribution in [0.1, 0.15) is 16.1 Å². The first-order valence-electron chi connectivity index (χ1n) is 7.48. The van der Waals surface area contributed by atoms with Crippen molar-refractivity contribution in [2.75, 3.05) is 18.4 Å². The summed E-state index contributed by atoms with van der Waals surface area (Å²) in [6, 6.07) is 7.84. The average molecular weight is 361 g/mol. The van der Waals surface area contributed by atoms with Crippen LogP contribution in [0.5, 0.6) is 0 Å². The quantitative estimate of drug-likeness (QED) is 0.594. The third-order valence-electron chi connectivity index (χ3n) is 3.24. The third-order valence-corrected chi connectivity index (χ3v) is 4.17. The van der Waals surface area contributed by atoms with Gasteiger partial charge in [-0.3, -0.25) is 4.79 Å². The number of amides is 1. The Kier molecular flexibility index (Phi) is 6.20. The number of hydrogen-bond acceptors (Lipinski definition) is 6. The second-order valence-electron chi connectivity index (χ2n) is 5.13. The van der Waals surface area contributed by atoms with E-state index in [1.807, 2.05) is 0 Å². The molecule has 4 N–H and O–H groups in total. The van der Waals surface area contributed by atoms with Gasteiger partial charge in [-0.1, -0.05) is 18.2 Å². The van der Waals surface area contributed by atoms with E-state index in [9.17, 15) is 13.2 Å². The molecule has 8 nitrogen and oxygen atoms in total. The summed E-state index contributed by atoms with van der Waals surface area (Å²) in [5.41, 5.74) is 1.19. The van der Waals surface area contributed by atoms with Gasteiger partial charge in [-0.05, 0) is 30.2 Å². The molecule has 132 valence electrons. The van der Waals surface area contributed by atoms with Gasteiger partial charge >= 0.3 is 0 Å². The zero-order chi connectivity index (χ0) is 18.3. The van der Waals surface area contributed by atoms with Crippen molar-refractivity contribution in [3.05, 3.63) is 60.4 Å². The number of sulfonamides is 1. The molecule has 1 heterocycles. The molecule has 0 aliphatic heterocycles. The molecular formula is C16H19N5O3S. The topological polar surface area (TPSA) is 127 Å². The minimum absolute atomic E-state index is 0.0748. The SMILES string of the molecule is C=CCNC(=O)c1ccnc(NCCc2ccc(S(N)(=O)=O)cc2)n1. The van der Waals surface area contributed by atoms with Gasteiger partial charge in [0.25, 0.3) is 5.91 Å². The van der Waals surface area contributed by atoms with Gasteiger partial charge in [-0.2, -0.15) is 0 Å². The highest BCUT2D eigenvalue weighted by atomic mass is 32.2. The lowest BCUT2D eigenvalue weighted by molar-refractivity contribution is 0.0953. The monoisotopic (exact) mass is 361 g/mol. The van der Waals surface area contributed by atoms with Gasteiger partial charge in [0.2, 0.25) is 16.0 Å². The Bertz CT molecular complexity index is 850. The molecule has 25 heavy (non-hydrogen) atoms. The molecule has 1 amide bonds. The molecule has 2 rings (SSSR count). The molecule has 1 aromatic heterocycles. The maximum absolute atomic E-state index is 11.8. The number of aromatic nitrogens is 2. The normalized spacial score (nSPS) is 10.9. The third kappa shape index (κ3) is 5.66. The number of anilines is 1. The predicted octanol–water partition coefficient (Wildman–Crippen LogP) is 0.694. The van der Waals surface area contributed by atoms with E-state index in [1.165, 1.54) is 24.4 Å². The number of benzene rings is 1. The smallest absolute Gasteiger partial charge is 0.270 e. The number of nitrogens with one attached hydrogen (secondary N) is 2.